The molecule has 2 saturated heterocycles. The first-order valence-electron chi connectivity index (χ1n) is 25.0. The van der Waals surface area contributed by atoms with Crippen LogP contribution in [0.5, 0.6) is 5.75 Å². The van der Waals surface area contributed by atoms with Crippen molar-refractivity contribution in [1.82, 2.24) is 36.9 Å². The number of rotatable bonds is 21. The Bertz CT molecular complexity index is 3250. The number of carbonyl (C=O) groups is 8. The van der Waals surface area contributed by atoms with Gasteiger partial charge in [-0.05, 0) is 92.1 Å². The fourth-order valence-electron chi connectivity index (χ4n) is 9.15. The molecule has 0 saturated carbocycles. The van der Waals surface area contributed by atoms with Gasteiger partial charge in [-0.1, -0.05) is 24.3 Å². The first-order valence-corrected chi connectivity index (χ1v) is 25.0. The number of amidine groups is 2. The van der Waals surface area contributed by atoms with Crippen LogP contribution in [0, 0.1) is 10.8 Å². The van der Waals surface area contributed by atoms with Gasteiger partial charge in [-0.25, -0.2) is 24.2 Å². The van der Waals surface area contributed by atoms with E-state index in [4.69, 9.17) is 36.5 Å². The number of amides is 8. The fraction of sp³-hybridized carbons (Fsp3) is 0.302. The number of nitrogens with zero attached hydrogens (tertiary/aromatic N) is 3. The standard InChI is InChI=1S/C53H58N14O12/c1-3-78-50(73)38(25-58-52(75)64-36-18-21-66(48(36)71)30-13-9-28(10-14-30)44(54)55)62-46(69)40-42(68)33-24-27(8-17-35(33)60-40)20-23-79-51(74)39(63-47(70)41-43(77-2)32-6-4-5-7-34(32)61-41)26-59-53(76)65-37-19-22-67(49(37)72)31-15-11-29(12-16-31)45(56)57/h4-17,24,36-39,43,60,68H,3,18-23,25-26H2,1-2H3,(H3,54,55)(H3,56,57)(H,62,69)(H,63,70)(H2,58,64,75)(H2,59,65,76). The van der Waals surface area contributed by atoms with Gasteiger partial charge in [0.1, 0.15) is 53.3 Å². The molecule has 2 fully saturated rings. The summed E-state index contributed by atoms with van der Waals surface area (Å²) in [7, 11) is 1.41. The average molecular weight is 1080 g/mol. The van der Waals surface area contributed by atoms with Gasteiger partial charge in [0, 0.05) is 65.6 Å². The molecule has 79 heavy (non-hydrogen) atoms. The number of aliphatic imine (C=N–C) groups is 1. The van der Waals surface area contributed by atoms with E-state index >= 15 is 0 Å². The lowest BCUT2D eigenvalue weighted by molar-refractivity contribution is -0.147. The van der Waals surface area contributed by atoms with E-state index < -0.39 is 84.9 Å². The number of esters is 2. The first kappa shape index (κ1) is 55.4. The lowest BCUT2D eigenvalue weighted by Gasteiger charge is -2.21. The summed E-state index contributed by atoms with van der Waals surface area (Å²) in [6.45, 7) is 0.920. The molecule has 5 aromatic rings. The Morgan fingerprint density at radius 2 is 1.28 bits per heavy atom. The maximum atomic E-state index is 13.8. The molecular weight excluding hydrogens is 1020 g/mol. The second kappa shape index (κ2) is 24.4. The maximum Gasteiger partial charge on any atom is 0.330 e. The van der Waals surface area contributed by atoms with Crippen LogP contribution in [0.3, 0.4) is 0 Å². The zero-order valence-electron chi connectivity index (χ0n) is 42.8. The number of para-hydroxylation sites is 1. The van der Waals surface area contributed by atoms with Crippen LogP contribution in [0.15, 0.2) is 96.0 Å². The summed E-state index contributed by atoms with van der Waals surface area (Å²) in [5.41, 5.74) is 14.8. The summed E-state index contributed by atoms with van der Waals surface area (Å²) in [6.07, 6.45) is -0.224. The van der Waals surface area contributed by atoms with Gasteiger partial charge < -0.3 is 77.5 Å². The SMILES string of the molecule is CCOC(=O)C(CNC(=O)NC1CCN(c2ccc(C(=N)N)cc2)C1=O)NC(=O)c1[nH]c2ccc(CCOC(=O)C(CNC(=O)NC3CCN(c4ccc(C(=N)N)cc4)C3=O)NC(=O)C3=Nc4ccccc4C3OC)cc2c1O. The van der Waals surface area contributed by atoms with Crippen LogP contribution in [0.25, 0.3) is 10.9 Å². The van der Waals surface area contributed by atoms with Crippen LogP contribution in [-0.4, -0.2) is 146 Å². The molecule has 4 heterocycles. The van der Waals surface area contributed by atoms with Crippen molar-refractivity contribution in [2.75, 3.05) is 56.3 Å². The van der Waals surface area contributed by atoms with Gasteiger partial charge in [-0.2, -0.15) is 0 Å². The Labute approximate surface area is 451 Å². The van der Waals surface area contributed by atoms with E-state index in [0.29, 0.717) is 57.9 Å². The van der Waals surface area contributed by atoms with Crippen LogP contribution in [0.4, 0.5) is 26.7 Å². The van der Waals surface area contributed by atoms with Crippen molar-refractivity contribution in [2.24, 2.45) is 16.5 Å². The number of ether oxygens (including phenoxy) is 3. The molecule has 3 aliphatic rings. The molecule has 8 rings (SSSR count). The summed E-state index contributed by atoms with van der Waals surface area (Å²) in [4.78, 5) is 117. The molecule has 26 nitrogen and oxygen atoms in total. The third-order valence-corrected chi connectivity index (χ3v) is 13.3. The second-order valence-corrected chi connectivity index (χ2v) is 18.4. The highest BCUT2D eigenvalue weighted by molar-refractivity contribution is 6.42. The summed E-state index contributed by atoms with van der Waals surface area (Å²) < 4.78 is 16.3. The predicted molar refractivity (Wildman–Crippen MR) is 287 cm³/mol. The van der Waals surface area contributed by atoms with Crippen molar-refractivity contribution >= 4 is 93.0 Å². The molecule has 412 valence electrons. The smallest absolute Gasteiger partial charge is 0.330 e. The summed E-state index contributed by atoms with van der Waals surface area (Å²) >= 11 is 0. The number of H-pyrrole nitrogens is 1. The zero-order chi connectivity index (χ0) is 56.5. The molecule has 3 aliphatic heterocycles. The van der Waals surface area contributed by atoms with E-state index in [9.17, 15) is 43.5 Å². The van der Waals surface area contributed by atoms with Crippen LogP contribution < -0.4 is 53.2 Å². The molecule has 0 aliphatic carbocycles. The van der Waals surface area contributed by atoms with Gasteiger partial charge in [-0.3, -0.25) is 30.0 Å². The Kier molecular flexibility index (Phi) is 17.1. The monoisotopic (exact) mass is 1080 g/mol. The van der Waals surface area contributed by atoms with E-state index in [1.165, 1.54) is 16.9 Å². The fourth-order valence-corrected chi connectivity index (χ4v) is 9.15. The van der Waals surface area contributed by atoms with Gasteiger partial charge >= 0.3 is 24.0 Å². The largest absolute Gasteiger partial charge is 0.505 e. The molecule has 14 N–H and O–H groups in total. The molecule has 4 aromatic carbocycles. The highest BCUT2D eigenvalue weighted by Gasteiger charge is 2.38. The topological polar surface area (TPSA) is 391 Å². The van der Waals surface area contributed by atoms with Gasteiger partial charge in [0.2, 0.25) is 11.8 Å². The van der Waals surface area contributed by atoms with Crippen molar-refractivity contribution < 1.29 is 57.7 Å². The molecule has 8 amide bonds. The summed E-state index contributed by atoms with van der Waals surface area (Å²) in [5, 5.41) is 42.0. The van der Waals surface area contributed by atoms with Crippen molar-refractivity contribution in [3.8, 4) is 5.75 Å². The van der Waals surface area contributed by atoms with E-state index in [2.05, 4.69) is 41.9 Å². The predicted octanol–water partition coefficient (Wildman–Crippen LogP) is 1.36. The van der Waals surface area contributed by atoms with E-state index in [-0.39, 0.29) is 72.8 Å². The number of fused-ring (bicyclic) bond motifs is 2. The lowest BCUT2D eigenvalue weighted by Crippen LogP contribution is -2.54. The number of anilines is 2. The van der Waals surface area contributed by atoms with Gasteiger partial charge in [0.05, 0.1) is 32.0 Å². The van der Waals surface area contributed by atoms with E-state index in [0.717, 1.165) is 0 Å². The lowest BCUT2D eigenvalue weighted by atomic mass is 10.1. The van der Waals surface area contributed by atoms with Crippen molar-refractivity contribution in [2.45, 2.75) is 56.5 Å². The van der Waals surface area contributed by atoms with Crippen molar-refractivity contribution in [1.29, 1.82) is 10.8 Å². The molecule has 5 unspecified atom stereocenters. The minimum atomic E-state index is -1.47. The number of nitrogens with two attached hydrogens (primary N) is 2. The zero-order valence-corrected chi connectivity index (χ0v) is 42.8. The van der Waals surface area contributed by atoms with E-state index in [1.807, 2.05) is 0 Å². The molecule has 5 atom stereocenters. The quantitative estimate of drug-likeness (QED) is 0.0281. The van der Waals surface area contributed by atoms with Crippen LogP contribution in [0.2, 0.25) is 0 Å². The highest BCUT2D eigenvalue weighted by atomic mass is 16.5. The number of methoxy groups -OCH3 is 1. The third kappa shape index (κ3) is 12.7. The minimum Gasteiger partial charge on any atom is -0.505 e. The third-order valence-electron chi connectivity index (χ3n) is 13.3. The number of hydrogen-bond acceptors (Lipinski definition) is 15. The minimum absolute atomic E-state index is 0.0372. The summed E-state index contributed by atoms with van der Waals surface area (Å²) in [6, 6.07) is 18.4. The molecular formula is C53H58N14O12. The van der Waals surface area contributed by atoms with Crippen molar-refractivity contribution in [3.63, 3.8) is 0 Å². The van der Waals surface area contributed by atoms with Crippen LogP contribution >= 0.6 is 0 Å². The number of aromatic hydroxyl groups is 1. The number of urea groups is 2. The number of nitrogens with one attached hydrogen (secondary N) is 9. The summed E-state index contributed by atoms with van der Waals surface area (Å²) in [5.74, 6) is -5.00. The number of aromatic nitrogens is 1. The molecule has 0 bridgehead atoms. The Hall–Kier alpha value is -9.85. The second-order valence-electron chi connectivity index (χ2n) is 18.4. The number of aromatic amines is 1. The number of benzene rings is 4. The highest BCUT2D eigenvalue weighted by Crippen LogP contribution is 2.36. The average Bonchev–Trinajstić information content (AvgIpc) is 4.30. The van der Waals surface area contributed by atoms with Crippen LogP contribution in [-0.2, 0) is 44.6 Å². The van der Waals surface area contributed by atoms with Gasteiger partial charge in [0.15, 0.2) is 5.75 Å². The Morgan fingerprint density at radius 1 is 0.747 bits per heavy atom. The molecule has 0 spiro atoms. The van der Waals surface area contributed by atoms with E-state index in [1.54, 1.807) is 97.9 Å². The normalized spacial score (nSPS) is 17.2. The number of nitrogen functional groups attached to an aromatic ring is 2. The van der Waals surface area contributed by atoms with Crippen LogP contribution in [0.1, 0.15) is 58.6 Å². The molecule has 26 heteroatoms. The first-order chi connectivity index (χ1) is 37.9. The van der Waals surface area contributed by atoms with Gasteiger partial charge in [0.25, 0.3) is 11.8 Å². The van der Waals surface area contributed by atoms with Crippen molar-refractivity contribution in [3.05, 3.63) is 119 Å². The Balaban J connectivity index is 0.871. The van der Waals surface area contributed by atoms with Gasteiger partial charge in [-0.15, -0.1) is 0 Å². The molecule has 0 radical (unpaired) electrons. The number of carbonyl (C=O) groups excluding carboxylic acids is 8. The maximum absolute atomic E-state index is 13.8. The molecule has 1 aromatic heterocycles. The Morgan fingerprint density at radius 3 is 1.81 bits per heavy atom. The number of hydrogen-bond donors (Lipinski definition) is 12.